The number of fused-ring (bicyclic) bond motifs is 1. The first kappa shape index (κ1) is 14.3. The number of carbonyl (C=O) groups is 1. The Morgan fingerprint density at radius 2 is 2.14 bits per heavy atom. The summed E-state index contributed by atoms with van der Waals surface area (Å²) < 4.78 is 6.65. The van der Waals surface area contributed by atoms with Crippen LogP contribution in [0.25, 0.3) is 11.0 Å². The van der Waals surface area contributed by atoms with Gasteiger partial charge in [-0.05, 0) is 43.0 Å². The van der Waals surface area contributed by atoms with Crippen molar-refractivity contribution in [2.45, 2.75) is 31.8 Å². The Bertz CT molecular complexity index is 723. The second kappa shape index (κ2) is 5.39. The van der Waals surface area contributed by atoms with Gasteiger partial charge in [0, 0.05) is 35.0 Å². The van der Waals surface area contributed by atoms with Gasteiger partial charge in [0.25, 0.3) is 5.91 Å². The van der Waals surface area contributed by atoms with Gasteiger partial charge in [-0.25, -0.2) is 0 Å². The molecule has 0 bridgehead atoms. The number of rotatable bonds is 3. The average Bonchev–Trinajstić information content (AvgIpc) is 3.15. The smallest absolute Gasteiger partial charge is 0.287 e. The van der Waals surface area contributed by atoms with E-state index < -0.39 is 0 Å². The number of furan rings is 1. The molecule has 1 aromatic heterocycles. The fourth-order valence-corrected chi connectivity index (χ4v) is 3.67. The summed E-state index contributed by atoms with van der Waals surface area (Å²) in [7, 11) is 0. The summed E-state index contributed by atoms with van der Waals surface area (Å²) in [6.45, 7) is 4.26. The predicted molar refractivity (Wildman–Crippen MR) is 88.9 cm³/mol. The van der Waals surface area contributed by atoms with Gasteiger partial charge < -0.3 is 9.73 Å². The number of nitrogens with one attached hydrogen (secondary N) is 1. The lowest BCUT2D eigenvalue weighted by atomic mass is 10.1. The molecule has 5 heteroatoms. The fourth-order valence-electron chi connectivity index (χ4n) is 3.30. The normalized spacial score (nSPS) is 25.7. The SMILES string of the molecule is CC1CN(C2CC2)CC1NC(=O)c1cc2cc(Br)ccc2o1. The maximum Gasteiger partial charge on any atom is 0.287 e. The van der Waals surface area contributed by atoms with E-state index in [0.717, 1.165) is 34.6 Å². The van der Waals surface area contributed by atoms with Crippen molar-refractivity contribution in [2.75, 3.05) is 13.1 Å². The molecule has 4 rings (SSSR count). The molecule has 2 unspecified atom stereocenters. The number of nitrogens with zero attached hydrogens (tertiary/aromatic N) is 1. The third kappa shape index (κ3) is 2.68. The summed E-state index contributed by atoms with van der Waals surface area (Å²) in [5.74, 6) is 0.773. The lowest BCUT2D eigenvalue weighted by Crippen LogP contribution is -2.39. The van der Waals surface area contributed by atoms with E-state index in [0.29, 0.717) is 11.7 Å². The Morgan fingerprint density at radius 3 is 2.91 bits per heavy atom. The van der Waals surface area contributed by atoms with Gasteiger partial charge in [-0.1, -0.05) is 22.9 Å². The molecule has 1 amide bonds. The van der Waals surface area contributed by atoms with Crippen molar-refractivity contribution < 1.29 is 9.21 Å². The molecule has 1 aliphatic heterocycles. The van der Waals surface area contributed by atoms with Gasteiger partial charge in [0.05, 0.1) is 0 Å². The van der Waals surface area contributed by atoms with Crippen LogP contribution in [0.15, 0.2) is 33.2 Å². The molecule has 0 radical (unpaired) electrons. The van der Waals surface area contributed by atoms with Crippen LogP contribution in [-0.2, 0) is 0 Å². The summed E-state index contributed by atoms with van der Waals surface area (Å²) in [5.41, 5.74) is 0.743. The average molecular weight is 363 g/mol. The van der Waals surface area contributed by atoms with Gasteiger partial charge in [-0.3, -0.25) is 9.69 Å². The highest BCUT2D eigenvalue weighted by Crippen LogP contribution is 2.32. The second-order valence-electron chi connectivity index (χ2n) is 6.54. The summed E-state index contributed by atoms with van der Waals surface area (Å²) in [6, 6.07) is 8.54. The van der Waals surface area contributed by atoms with Crippen LogP contribution in [0.3, 0.4) is 0 Å². The van der Waals surface area contributed by atoms with E-state index in [1.54, 1.807) is 0 Å². The molecule has 22 heavy (non-hydrogen) atoms. The minimum absolute atomic E-state index is 0.109. The van der Waals surface area contributed by atoms with Crippen LogP contribution in [0.2, 0.25) is 0 Å². The van der Waals surface area contributed by atoms with Crippen molar-refractivity contribution in [1.82, 2.24) is 10.2 Å². The van der Waals surface area contributed by atoms with Crippen molar-refractivity contribution >= 4 is 32.8 Å². The molecule has 116 valence electrons. The highest BCUT2D eigenvalue weighted by Gasteiger charge is 2.38. The molecule has 2 heterocycles. The molecule has 1 saturated heterocycles. The molecular formula is C17H19BrN2O2. The first-order chi connectivity index (χ1) is 10.6. The lowest BCUT2D eigenvalue weighted by molar-refractivity contribution is 0.0905. The fraction of sp³-hybridized carbons (Fsp3) is 0.471. The van der Waals surface area contributed by atoms with E-state index in [-0.39, 0.29) is 11.9 Å². The molecule has 1 saturated carbocycles. The highest BCUT2D eigenvalue weighted by molar-refractivity contribution is 9.10. The molecule has 4 nitrogen and oxygen atoms in total. The molecule has 2 fully saturated rings. The topological polar surface area (TPSA) is 45.5 Å². The highest BCUT2D eigenvalue weighted by atomic mass is 79.9. The number of hydrogen-bond donors (Lipinski definition) is 1. The molecule has 2 aliphatic rings. The van der Waals surface area contributed by atoms with E-state index in [9.17, 15) is 4.79 Å². The Kier molecular flexibility index (Phi) is 3.50. The number of benzene rings is 1. The van der Waals surface area contributed by atoms with Crippen LogP contribution < -0.4 is 5.32 Å². The van der Waals surface area contributed by atoms with E-state index in [2.05, 4.69) is 33.1 Å². The zero-order chi connectivity index (χ0) is 15.3. The molecule has 1 aromatic carbocycles. The standard InChI is InChI=1S/C17H19BrN2O2/c1-10-8-20(13-3-4-13)9-14(10)19-17(21)16-7-11-6-12(18)2-5-15(11)22-16/h2,5-7,10,13-14H,3-4,8-9H2,1H3,(H,19,21). The van der Waals surface area contributed by atoms with Gasteiger partial charge in [0.15, 0.2) is 5.76 Å². The van der Waals surface area contributed by atoms with Crippen LogP contribution in [0.1, 0.15) is 30.3 Å². The third-order valence-corrected chi connectivity index (χ3v) is 5.22. The van der Waals surface area contributed by atoms with Gasteiger partial charge in [-0.15, -0.1) is 0 Å². The van der Waals surface area contributed by atoms with Crippen molar-refractivity contribution in [1.29, 1.82) is 0 Å². The third-order valence-electron chi connectivity index (χ3n) is 4.72. The Hall–Kier alpha value is -1.33. The van der Waals surface area contributed by atoms with Crippen molar-refractivity contribution in [3.05, 3.63) is 34.5 Å². The van der Waals surface area contributed by atoms with Gasteiger partial charge in [0.1, 0.15) is 5.58 Å². The maximum absolute atomic E-state index is 12.5. The molecule has 2 aromatic rings. The number of carbonyl (C=O) groups excluding carboxylic acids is 1. The van der Waals surface area contributed by atoms with Crippen LogP contribution >= 0.6 is 15.9 Å². The van der Waals surface area contributed by atoms with E-state index in [4.69, 9.17) is 4.42 Å². The number of amides is 1. The van der Waals surface area contributed by atoms with E-state index in [1.165, 1.54) is 12.8 Å². The molecule has 1 aliphatic carbocycles. The Morgan fingerprint density at radius 1 is 1.32 bits per heavy atom. The first-order valence-electron chi connectivity index (χ1n) is 7.84. The zero-order valence-corrected chi connectivity index (χ0v) is 14.1. The number of hydrogen-bond acceptors (Lipinski definition) is 3. The first-order valence-corrected chi connectivity index (χ1v) is 8.63. The van der Waals surface area contributed by atoms with Crippen LogP contribution in [-0.4, -0.2) is 36.0 Å². The largest absolute Gasteiger partial charge is 0.451 e. The van der Waals surface area contributed by atoms with Crippen molar-refractivity contribution in [2.24, 2.45) is 5.92 Å². The van der Waals surface area contributed by atoms with Crippen LogP contribution in [0.5, 0.6) is 0 Å². The van der Waals surface area contributed by atoms with Gasteiger partial charge in [0.2, 0.25) is 0 Å². The Labute approximate surface area is 138 Å². The monoisotopic (exact) mass is 362 g/mol. The zero-order valence-electron chi connectivity index (χ0n) is 12.5. The molecule has 1 N–H and O–H groups in total. The lowest BCUT2D eigenvalue weighted by Gasteiger charge is -2.16. The molecule has 0 spiro atoms. The minimum Gasteiger partial charge on any atom is -0.451 e. The van der Waals surface area contributed by atoms with Crippen LogP contribution in [0, 0.1) is 5.92 Å². The minimum atomic E-state index is -0.109. The van der Waals surface area contributed by atoms with Crippen LogP contribution in [0.4, 0.5) is 0 Å². The predicted octanol–water partition coefficient (Wildman–Crippen LogP) is 3.41. The number of likely N-dealkylation sites (tertiary alicyclic amines) is 1. The van der Waals surface area contributed by atoms with E-state index >= 15 is 0 Å². The molecular weight excluding hydrogens is 344 g/mol. The summed E-state index contributed by atoms with van der Waals surface area (Å²) >= 11 is 3.44. The quantitative estimate of drug-likeness (QED) is 0.909. The van der Waals surface area contributed by atoms with Crippen molar-refractivity contribution in [3.8, 4) is 0 Å². The maximum atomic E-state index is 12.5. The van der Waals surface area contributed by atoms with E-state index in [1.807, 2.05) is 24.3 Å². The summed E-state index contributed by atoms with van der Waals surface area (Å²) in [5, 5.41) is 4.09. The second-order valence-corrected chi connectivity index (χ2v) is 7.45. The summed E-state index contributed by atoms with van der Waals surface area (Å²) in [6.07, 6.45) is 2.62. The number of halogens is 1. The Balaban J connectivity index is 1.48. The molecule has 2 atom stereocenters. The van der Waals surface area contributed by atoms with Crippen molar-refractivity contribution in [3.63, 3.8) is 0 Å². The summed E-state index contributed by atoms with van der Waals surface area (Å²) in [4.78, 5) is 15.0. The van der Waals surface area contributed by atoms with Gasteiger partial charge in [-0.2, -0.15) is 0 Å². The van der Waals surface area contributed by atoms with Gasteiger partial charge >= 0.3 is 0 Å².